The van der Waals surface area contributed by atoms with Gasteiger partial charge in [-0.15, -0.1) is 11.3 Å². The minimum absolute atomic E-state index is 0.219. The molecule has 3 N–H and O–H groups in total. The van der Waals surface area contributed by atoms with Gasteiger partial charge in [-0.3, -0.25) is 9.78 Å². The van der Waals surface area contributed by atoms with Gasteiger partial charge >= 0.3 is 6.03 Å². The van der Waals surface area contributed by atoms with Gasteiger partial charge in [-0.1, -0.05) is 0 Å². The second-order valence-electron chi connectivity index (χ2n) is 5.93. The number of carbonyl (C=O) groups excluding carboxylic acids is 2. The van der Waals surface area contributed by atoms with E-state index >= 15 is 0 Å². The number of carbonyl (C=O) groups is 2. The summed E-state index contributed by atoms with van der Waals surface area (Å²) in [4.78, 5) is 32.2. The maximum atomic E-state index is 12.6. The molecule has 126 valence electrons. The monoisotopic (exact) mass is 344 g/mol. The molecule has 0 spiro atoms. The molecule has 1 aliphatic rings. The lowest BCUT2D eigenvalue weighted by Crippen LogP contribution is -2.45. The average molecular weight is 344 g/mol. The lowest BCUT2D eigenvalue weighted by molar-refractivity contribution is -0.123. The molecule has 3 amide bonds. The predicted molar refractivity (Wildman–Crippen MR) is 94.8 cm³/mol. The van der Waals surface area contributed by atoms with E-state index in [0.29, 0.717) is 18.8 Å². The summed E-state index contributed by atoms with van der Waals surface area (Å²) in [5.74, 6) is -0.610. The van der Waals surface area contributed by atoms with Gasteiger partial charge in [0.15, 0.2) is 0 Å². The number of hydrogen-bond donors (Lipinski definition) is 2. The van der Waals surface area contributed by atoms with E-state index in [2.05, 4.69) is 10.3 Å². The number of thiophene rings is 1. The van der Waals surface area contributed by atoms with Gasteiger partial charge in [0.1, 0.15) is 5.69 Å². The Hall–Kier alpha value is -2.41. The van der Waals surface area contributed by atoms with Crippen LogP contribution in [0.4, 0.5) is 10.5 Å². The van der Waals surface area contributed by atoms with Crippen molar-refractivity contribution in [1.29, 1.82) is 0 Å². The van der Waals surface area contributed by atoms with Gasteiger partial charge in [0.2, 0.25) is 5.91 Å². The van der Waals surface area contributed by atoms with Crippen molar-refractivity contribution in [2.45, 2.75) is 19.8 Å². The number of amides is 3. The van der Waals surface area contributed by atoms with Crippen LogP contribution in [0, 0.1) is 12.8 Å². The van der Waals surface area contributed by atoms with Crippen molar-refractivity contribution < 1.29 is 9.59 Å². The lowest BCUT2D eigenvalue weighted by atomic mass is 9.98. The van der Waals surface area contributed by atoms with Gasteiger partial charge in [-0.2, -0.15) is 0 Å². The van der Waals surface area contributed by atoms with Crippen molar-refractivity contribution in [3.8, 4) is 10.6 Å². The molecule has 7 heteroatoms. The largest absolute Gasteiger partial charge is 0.369 e. The summed E-state index contributed by atoms with van der Waals surface area (Å²) in [5.41, 5.74) is 6.81. The Morgan fingerprint density at radius 2 is 2.21 bits per heavy atom. The van der Waals surface area contributed by atoms with Crippen LogP contribution in [0.25, 0.3) is 10.6 Å². The standard InChI is InChI=1S/C17H20N4O2S/c1-11-6-7-14(24-11)15-13(5-2-8-19-15)20-17(23)21-9-3-4-12(10-21)16(18)22/h2,5-8,12H,3-4,9-10H2,1H3,(H2,18,22)(H,20,23)/t12-/m0/s1. The zero-order valence-corrected chi connectivity index (χ0v) is 14.3. The molecule has 3 rings (SSSR count). The Morgan fingerprint density at radius 3 is 2.92 bits per heavy atom. The van der Waals surface area contributed by atoms with E-state index in [4.69, 9.17) is 5.73 Å². The highest BCUT2D eigenvalue weighted by molar-refractivity contribution is 7.15. The Kier molecular flexibility index (Phi) is 4.80. The van der Waals surface area contributed by atoms with Crippen LogP contribution < -0.4 is 11.1 Å². The van der Waals surface area contributed by atoms with E-state index in [-0.39, 0.29) is 17.9 Å². The summed E-state index contributed by atoms with van der Waals surface area (Å²) < 4.78 is 0. The topological polar surface area (TPSA) is 88.3 Å². The summed E-state index contributed by atoms with van der Waals surface area (Å²) in [6.45, 7) is 3.03. The number of aromatic nitrogens is 1. The fourth-order valence-corrected chi connectivity index (χ4v) is 3.73. The highest BCUT2D eigenvalue weighted by atomic mass is 32.1. The zero-order valence-electron chi connectivity index (χ0n) is 13.5. The number of likely N-dealkylation sites (tertiary alicyclic amines) is 1. The summed E-state index contributed by atoms with van der Waals surface area (Å²) >= 11 is 1.63. The zero-order chi connectivity index (χ0) is 17.1. The first kappa shape index (κ1) is 16.4. The quantitative estimate of drug-likeness (QED) is 0.897. The molecule has 24 heavy (non-hydrogen) atoms. The molecule has 2 aromatic rings. The van der Waals surface area contributed by atoms with Crippen LogP contribution in [0.3, 0.4) is 0 Å². The third kappa shape index (κ3) is 3.56. The predicted octanol–water partition coefficient (Wildman–Crippen LogP) is 2.85. The molecule has 0 aromatic carbocycles. The van der Waals surface area contributed by atoms with Crippen LogP contribution in [-0.4, -0.2) is 34.9 Å². The minimum atomic E-state index is -0.344. The summed E-state index contributed by atoms with van der Waals surface area (Å²) in [6, 6.07) is 7.44. The lowest BCUT2D eigenvalue weighted by Gasteiger charge is -2.31. The van der Waals surface area contributed by atoms with Crippen molar-refractivity contribution in [3.05, 3.63) is 35.3 Å². The number of aryl methyl sites for hydroxylation is 1. The number of pyridine rings is 1. The number of piperidine rings is 1. The van der Waals surface area contributed by atoms with Gasteiger partial charge in [0, 0.05) is 24.2 Å². The molecule has 6 nitrogen and oxygen atoms in total. The fraction of sp³-hybridized carbons (Fsp3) is 0.353. The number of nitrogens with one attached hydrogen (secondary N) is 1. The molecule has 0 unspecified atom stereocenters. The van der Waals surface area contributed by atoms with Crippen LogP contribution in [-0.2, 0) is 4.79 Å². The van der Waals surface area contributed by atoms with Gasteiger partial charge in [-0.05, 0) is 44.0 Å². The minimum Gasteiger partial charge on any atom is -0.369 e. The molecular weight excluding hydrogens is 324 g/mol. The summed E-state index contributed by atoms with van der Waals surface area (Å²) in [7, 11) is 0. The number of anilines is 1. The van der Waals surface area contributed by atoms with Gasteiger partial charge < -0.3 is 16.0 Å². The molecule has 0 aliphatic carbocycles. The first-order valence-corrected chi connectivity index (χ1v) is 8.73. The third-order valence-electron chi connectivity index (χ3n) is 4.13. The van der Waals surface area contributed by atoms with Gasteiger partial charge in [0.25, 0.3) is 0 Å². The van der Waals surface area contributed by atoms with Gasteiger partial charge in [0.05, 0.1) is 16.5 Å². The second kappa shape index (κ2) is 7.00. The Morgan fingerprint density at radius 1 is 1.38 bits per heavy atom. The highest BCUT2D eigenvalue weighted by Crippen LogP contribution is 2.31. The molecule has 0 bridgehead atoms. The van der Waals surface area contributed by atoms with E-state index in [1.165, 1.54) is 4.88 Å². The van der Waals surface area contributed by atoms with E-state index < -0.39 is 0 Å². The molecule has 1 fully saturated rings. The first-order chi connectivity index (χ1) is 11.5. The second-order valence-corrected chi connectivity index (χ2v) is 7.22. The number of nitrogens with two attached hydrogens (primary N) is 1. The Bertz CT molecular complexity index is 759. The van der Waals surface area contributed by atoms with E-state index in [9.17, 15) is 9.59 Å². The van der Waals surface area contributed by atoms with Crippen molar-refractivity contribution in [2.75, 3.05) is 18.4 Å². The molecule has 0 radical (unpaired) electrons. The van der Waals surface area contributed by atoms with Crippen molar-refractivity contribution in [1.82, 2.24) is 9.88 Å². The Labute approximate surface area is 144 Å². The SMILES string of the molecule is Cc1ccc(-c2ncccc2NC(=O)N2CCC[C@H](C(N)=O)C2)s1. The molecule has 2 aromatic heterocycles. The average Bonchev–Trinajstić information content (AvgIpc) is 3.01. The Balaban J connectivity index is 1.76. The normalized spacial score (nSPS) is 17.5. The van der Waals surface area contributed by atoms with Gasteiger partial charge in [-0.25, -0.2) is 4.79 Å². The molecule has 1 atom stereocenters. The first-order valence-electron chi connectivity index (χ1n) is 7.91. The number of primary amides is 1. The van der Waals surface area contributed by atoms with Crippen LogP contribution in [0.1, 0.15) is 17.7 Å². The number of nitrogens with zero attached hydrogens (tertiary/aromatic N) is 2. The third-order valence-corrected chi connectivity index (χ3v) is 5.14. The molecule has 1 saturated heterocycles. The maximum Gasteiger partial charge on any atom is 0.321 e. The van der Waals surface area contributed by atoms with Crippen molar-refractivity contribution in [3.63, 3.8) is 0 Å². The fourth-order valence-electron chi connectivity index (χ4n) is 2.85. The molecule has 1 aliphatic heterocycles. The summed E-state index contributed by atoms with van der Waals surface area (Å²) in [6.07, 6.45) is 3.24. The number of rotatable bonds is 3. The smallest absolute Gasteiger partial charge is 0.321 e. The molecule has 3 heterocycles. The van der Waals surface area contributed by atoms with Crippen LogP contribution in [0.15, 0.2) is 30.5 Å². The molecular formula is C17H20N4O2S. The number of urea groups is 1. The van der Waals surface area contributed by atoms with E-state index in [0.717, 1.165) is 23.4 Å². The van der Waals surface area contributed by atoms with Crippen LogP contribution >= 0.6 is 11.3 Å². The highest BCUT2D eigenvalue weighted by Gasteiger charge is 2.27. The number of hydrogen-bond acceptors (Lipinski definition) is 4. The maximum absolute atomic E-state index is 12.6. The summed E-state index contributed by atoms with van der Waals surface area (Å²) in [5, 5.41) is 2.93. The van der Waals surface area contributed by atoms with Crippen molar-refractivity contribution >= 4 is 29.0 Å². The van der Waals surface area contributed by atoms with E-state index in [1.807, 2.05) is 25.1 Å². The van der Waals surface area contributed by atoms with Crippen molar-refractivity contribution in [2.24, 2.45) is 11.7 Å². The van der Waals surface area contributed by atoms with Crippen LogP contribution in [0.2, 0.25) is 0 Å². The van der Waals surface area contributed by atoms with E-state index in [1.54, 1.807) is 28.5 Å². The van der Waals surface area contributed by atoms with Crippen LogP contribution in [0.5, 0.6) is 0 Å². The molecule has 0 saturated carbocycles.